The summed E-state index contributed by atoms with van der Waals surface area (Å²) in [6.07, 6.45) is -4.40. The van der Waals surface area contributed by atoms with Gasteiger partial charge in [0.25, 0.3) is 5.89 Å². The number of benzene rings is 1. The van der Waals surface area contributed by atoms with Gasteiger partial charge in [-0.1, -0.05) is 17.3 Å². The van der Waals surface area contributed by atoms with Crippen LogP contribution in [0.2, 0.25) is 0 Å². The second-order valence-electron chi connectivity index (χ2n) is 3.15. The molecule has 3 nitrogen and oxygen atoms in total. The van der Waals surface area contributed by atoms with Crippen LogP contribution in [-0.4, -0.2) is 10.1 Å². The number of nitrogens with zero attached hydrogens (tertiary/aromatic N) is 2. The third kappa shape index (κ3) is 1.01. The lowest BCUT2D eigenvalue weighted by Gasteiger charge is -2.10. The van der Waals surface area contributed by atoms with E-state index in [-0.39, 0.29) is 17.3 Å². The van der Waals surface area contributed by atoms with Crippen LogP contribution in [0, 0.1) is 0 Å². The van der Waals surface area contributed by atoms with Gasteiger partial charge in [-0.05, 0) is 6.07 Å². The van der Waals surface area contributed by atoms with Crippen LogP contribution in [0.25, 0.3) is 22.8 Å². The van der Waals surface area contributed by atoms with Crippen molar-refractivity contribution in [1.82, 2.24) is 10.1 Å². The number of fused-ring (bicyclic) bond motifs is 5. The third-order valence-electron chi connectivity index (χ3n) is 2.25. The average molecular weight is 212 g/mol. The van der Waals surface area contributed by atoms with Gasteiger partial charge >= 0.3 is 6.18 Å². The lowest BCUT2D eigenvalue weighted by Crippen LogP contribution is -2.07. The molecule has 0 saturated heterocycles. The number of aromatic nitrogens is 2. The molecule has 1 aromatic carbocycles. The zero-order chi connectivity index (χ0) is 10.6. The predicted octanol–water partition coefficient (Wildman–Crippen LogP) is 2.74. The Morgan fingerprint density at radius 2 is 2.00 bits per heavy atom. The standard InChI is InChI=1S/C9H3F3N2O/c10-9(11,12)5-3-1-2-4-6(5)8-13-7(4)14-15-8/h1-3H. The van der Waals surface area contributed by atoms with Crippen molar-refractivity contribution in [3.8, 4) is 22.8 Å². The van der Waals surface area contributed by atoms with Crippen LogP contribution >= 0.6 is 0 Å². The molecule has 15 heavy (non-hydrogen) atoms. The summed E-state index contributed by atoms with van der Waals surface area (Å²) in [6, 6.07) is 3.88. The molecule has 6 heteroatoms. The van der Waals surface area contributed by atoms with E-state index in [0.29, 0.717) is 5.56 Å². The van der Waals surface area contributed by atoms with E-state index < -0.39 is 11.7 Å². The summed E-state index contributed by atoms with van der Waals surface area (Å²) >= 11 is 0. The normalized spacial score (nSPS) is 13.0. The molecule has 1 aromatic heterocycles. The molecule has 0 unspecified atom stereocenters. The van der Waals surface area contributed by atoms with Gasteiger partial charge in [0, 0.05) is 5.56 Å². The number of rotatable bonds is 0. The van der Waals surface area contributed by atoms with Crippen molar-refractivity contribution in [2.75, 3.05) is 0 Å². The van der Waals surface area contributed by atoms with Crippen LogP contribution in [0.15, 0.2) is 22.7 Å². The first-order chi connectivity index (χ1) is 7.07. The van der Waals surface area contributed by atoms with E-state index in [1.165, 1.54) is 6.07 Å². The van der Waals surface area contributed by atoms with Crippen molar-refractivity contribution in [1.29, 1.82) is 0 Å². The first-order valence-electron chi connectivity index (χ1n) is 4.12. The second kappa shape index (κ2) is 2.39. The highest BCUT2D eigenvalue weighted by atomic mass is 19.4. The van der Waals surface area contributed by atoms with Gasteiger partial charge in [-0.15, -0.1) is 0 Å². The topological polar surface area (TPSA) is 38.9 Å². The highest BCUT2D eigenvalue weighted by Gasteiger charge is 2.39. The fourth-order valence-corrected chi connectivity index (χ4v) is 1.64. The van der Waals surface area contributed by atoms with Gasteiger partial charge in [0.1, 0.15) is 0 Å². The number of alkyl halides is 3. The van der Waals surface area contributed by atoms with Gasteiger partial charge < -0.3 is 4.52 Å². The first kappa shape index (κ1) is 8.46. The molecule has 1 aliphatic rings. The molecule has 2 bridgehead atoms. The van der Waals surface area contributed by atoms with Crippen molar-refractivity contribution in [3.63, 3.8) is 0 Å². The first-order valence-corrected chi connectivity index (χ1v) is 4.12. The predicted molar refractivity (Wildman–Crippen MR) is 43.7 cm³/mol. The van der Waals surface area contributed by atoms with Gasteiger partial charge in [-0.2, -0.15) is 18.2 Å². The van der Waals surface area contributed by atoms with E-state index >= 15 is 0 Å². The summed E-state index contributed by atoms with van der Waals surface area (Å²) in [5, 5.41) is 3.51. The van der Waals surface area contributed by atoms with E-state index in [1.54, 1.807) is 6.07 Å². The van der Waals surface area contributed by atoms with Crippen LogP contribution in [0.4, 0.5) is 13.2 Å². The highest BCUT2D eigenvalue weighted by molar-refractivity contribution is 5.84. The van der Waals surface area contributed by atoms with Gasteiger partial charge in [0.05, 0.1) is 11.1 Å². The number of hydrogen-bond donors (Lipinski definition) is 0. The minimum Gasteiger partial charge on any atom is -0.334 e. The Kier molecular flexibility index (Phi) is 1.35. The van der Waals surface area contributed by atoms with Crippen LogP contribution in [0.1, 0.15) is 5.56 Å². The molecule has 1 aliphatic heterocycles. The van der Waals surface area contributed by atoms with Gasteiger partial charge in [0.2, 0.25) is 5.82 Å². The van der Waals surface area contributed by atoms with Crippen molar-refractivity contribution in [2.24, 2.45) is 0 Å². The summed E-state index contributed by atoms with van der Waals surface area (Å²) in [6.45, 7) is 0. The second-order valence-corrected chi connectivity index (χ2v) is 3.15. The van der Waals surface area contributed by atoms with Crippen LogP contribution in [0.5, 0.6) is 0 Å². The Morgan fingerprint density at radius 3 is 2.73 bits per heavy atom. The van der Waals surface area contributed by atoms with Crippen molar-refractivity contribution in [3.05, 3.63) is 23.8 Å². The highest BCUT2D eigenvalue weighted by Crippen LogP contribution is 2.44. The average Bonchev–Trinajstić information content (AvgIpc) is 2.76. The molecular weight excluding hydrogens is 209 g/mol. The van der Waals surface area contributed by atoms with Crippen molar-refractivity contribution < 1.29 is 17.7 Å². The summed E-state index contributed by atoms with van der Waals surface area (Å²) in [5.41, 5.74) is -0.357. The quantitative estimate of drug-likeness (QED) is 0.575. The molecule has 0 radical (unpaired) electrons. The van der Waals surface area contributed by atoms with E-state index in [4.69, 9.17) is 0 Å². The zero-order valence-electron chi connectivity index (χ0n) is 7.17. The Bertz CT molecular complexity index is 545. The molecule has 2 heterocycles. The van der Waals surface area contributed by atoms with Crippen LogP contribution < -0.4 is 0 Å². The van der Waals surface area contributed by atoms with Crippen LogP contribution in [-0.2, 0) is 6.18 Å². The van der Waals surface area contributed by atoms with E-state index in [9.17, 15) is 13.2 Å². The van der Waals surface area contributed by atoms with E-state index in [1.807, 2.05) is 0 Å². The minimum absolute atomic E-state index is 0.00463. The summed E-state index contributed by atoms with van der Waals surface area (Å²) < 4.78 is 42.5. The number of halogens is 3. The largest absolute Gasteiger partial charge is 0.417 e. The molecule has 0 spiro atoms. The van der Waals surface area contributed by atoms with Gasteiger partial charge in [-0.25, -0.2) is 0 Å². The molecule has 0 atom stereocenters. The fraction of sp³-hybridized carbons (Fsp3) is 0.111. The van der Waals surface area contributed by atoms with Crippen LogP contribution in [0.3, 0.4) is 0 Å². The molecule has 76 valence electrons. The Hall–Kier alpha value is -1.85. The van der Waals surface area contributed by atoms with E-state index in [0.717, 1.165) is 6.07 Å². The van der Waals surface area contributed by atoms with E-state index in [2.05, 4.69) is 14.7 Å². The Labute approximate surface area is 81.5 Å². The summed E-state index contributed by atoms with van der Waals surface area (Å²) in [7, 11) is 0. The molecular formula is C9H3F3N2O. The Morgan fingerprint density at radius 1 is 1.20 bits per heavy atom. The molecule has 3 rings (SSSR count). The summed E-state index contributed by atoms with van der Waals surface area (Å²) in [4.78, 5) is 3.79. The smallest absolute Gasteiger partial charge is 0.334 e. The molecule has 2 aromatic rings. The van der Waals surface area contributed by atoms with Gasteiger partial charge in [-0.3, -0.25) is 0 Å². The Balaban J connectivity index is 2.32. The third-order valence-corrected chi connectivity index (χ3v) is 2.25. The molecule has 0 fully saturated rings. The fourth-order valence-electron chi connectivity index (χ4n) is 1.64. The molecule has 0 saturated carbocycles. The number of hydrogen-bond acceptors (Lipinski definition) is 3. The molecule has 0 N–H and O–H groups in total. The zero-order valence-corrected chi connectivity index (χ0v) is 7.17. The molecule has 0 amide bonds. The van der Waals surface area contributed by atoms with Crippen molar-refractivity contribution >= 4 is 0 Å². The van der Waals surface area contributed by atoms with Gasteiger partial charge in [0.15, 0.2) is 0 Å². The minimum atomic E-state index is -4.40. The maximum atomic E-state index is 12.6. The van der Waals surface area contributed by atoms with Crippen molar-refractivity contribution in [2.45, 2.75) is 6.18 Å². The lowest BCUT2D eigenvalue weighted by molar-refractivity contribution is -0.137. The maximum absolute atomic E-state index is 12.6. The monoisotopic (exact) mass is 212 g/mol. The SMILES string of the molecule is FC(F)(F)c1cccc2c1-c1nc-2no1. The molecule has 0 aliphatic carbocycles. The maximum Gasteiger partial charge on any atom is 0.417 e. The summed E-state index contributed by atoms with van der Waals surface area (Å²) in [5.74, 6) is 0.152. The lowest BCUT2D eigenvalue weighted by atomic mass is 10.0.